The van der Waals surface area contributed by atoms with E-state index in [0.717, 1.165) is 23.4 Å². The Hall–Kier alpha value is -3.09. The Morgan fingerprint density at radius 1 is 1.27 bits per heavy atom. The van der Waals surface area contributed by atoms with Gasteiger partial charge in [0.15, 0.2) is 0 Å². The number of pyridine rings is 1. The molecule has 1 aromatic carbocycles. The summed E-state index contributed by atoms with van der Waals surface area (Å²) in [5, 5.41) is 3.00. The van der Waals surface area contributed by atoms with Crippen molar-refractivity contribution in [2.45, 2.75) is 32.2 Å². The van der Waals surface area contributed by atoms with E-state index in [1.165, 1.54) is 19.0 Å². The third-order valence-corrected chi connectivity index (χ3v) is 5.51. The van der Waals surface area contributed by atoms with E-state index in [9.17, 15) is 9.59 Å². The Kier molecular flexibility index (Phi) is 6.16. The van der Waals surface area contributed by atoms with Crippen molar-refractivity contribution in [3.63, 3.8) is 0 Å². The number of hydrogen-bond acceptors (Lipinski definition) is 5. The Morgan fingerprint density at radius 2 is 2.13 bits per heavy atom. The fourth-order valence-electron chi connectivity index (χ4n) is 3.51. The van der Waals surface area contributed by atoms with Crippen molar-refractivity contribution in [1.82, 2.24) is 15.2 Å². The number of rotatable bonds is 7. The molecule has 0 saturated heterocycles. The average Bonchev–Trinajstić information content (AvgIpc) is 3.62. The van der Waals surface area contributed by atoms with Crippen LogP contribution in [0.5, 0.6) is 11.6 Å². The topological polar surface area (TPSA) is 80.8 Å². The van der Waals surface area contributed by atoms with Crippen LogP contribution in [0.25, 0.3) is 0 Å². The summed E-state index contributed by atoms with van der Waals surface area (Å²) in [7, 11) is 1.54. The first kappa shape index (κ1) is 20.2. The van der Waals surface area contributed by atoms with Crippen LogP contribution in [0.2, 0.25) is 0 Å². The van der Waals surface area contributed by atoms with Crippen LogP contribution in [0.15, 0.2) is 36.5 Å². The van der Waals surface area contributed by atoms with Crippen molar-refractivity contribution in [2.75, 3.05) is 26.8 Å². The summed E-state index contributed by atoms with van der Waals surface area (Å²) in [6.45, 7) is 2.19. The van der Waals surface area contributed by atoms with Gasteiger partial charge in [0.1, 0.15) is 12.4 Å². The summed E-state index contributed by atoms with van der Waals surface area (Å²) >= 11 is 0. The third kappa shape index (κ3) is 5.09. The fraction of sp³-hybridized carbons (Fsp3) is 0.435. The first-order chi connectivity index (χ1) is 14.6. The molecular weight excluding hydrogens is 382 g/mol. The molecule has 7 heteroatoms. The third-order valence-electron chi connectivity index (χ3n) is 5.51. The maximum atomic E-state index is 12.9. The van der Waals surface area contributed by atoms with Crippen molar-refractivity contribution in [1.29, 1.82) is 0 Å². The molecule has 0 unspecified atom stereocenters. The molecule has 1 aliphatic heterocycles. The van der Waals surface area contributed by atoms with Crippen molar-refractivity contribution in [3.05, 3.63) is 53.2 Å². The van der Waals surface area contributed by atoms with Crippen LogP contribution in [0.1, 0.15) is 40.7 Å². The number of nitrogens with zero attached hydrogens (tertiary/aromatic N) is 2. The summed E-state index contributed by atoms with van der Waals surface area (Å²) in [5.74, 6) is 1.95. The number of methoxy groups -OCH3 is 1. The Morgan fingerprint density at radius 3 is 2.87 bits per heavy atom. The maximum absolute atomic E-state index is 12.9. The molecule has 2 heterocycles. The highest BCUT2D eigenvalue weighted by Crippen LogP contribution is 2.28. The van der Waals surface area contributed by atoms with Crippen LogP contribution >= 0.6 is 0 Å². The first-order valence-electron chi connectivity index (χ1n) is 10.4. The highest BCUT2D eigenvalue weighted by molar-refractivity contribution is 5.94. The first-order valence-corrected chi connectivity index (χ1v) is 10.4. The van der Waals surface area contributed by atoms with Gasteiger partial charge in [0.2, 0.25) is 11.8 Å². The molecule has 4 rings (SSSR count). The molecule has 0 radical (unpaired) electrons. The molecule has 1 aliphatic carbocycles. The van der Waals surface area contributed by atoms with E-state index in [1.807, 2.05) is 18.2 Å². The lowest BCUT2D eigenvalue weighted by atomic mass is 10.0. The van der Waals surface area contributed by atoms with Crippen LogP contribution in [-0.2, 0) is 17.8 Å². The number of aryl methyl sites for hydroxylation is 1. The largest absolute Gasteiger partial charge is 0.491 e. The van der Waals surface area contributed by atoms with Gasteiger partial charge in [0.25, 0.3) is 5.91 Å². The molecule has 0 spiro atoms. The zero-order valence-corrected chi connectivity index (χ0v) is 17.2. The number of hydrogen-bond donors (Lipinski definition) is 1. The minimum atomic E-state index is -0.0912. The van der Waals surface area contributed by atoms with Gasteiger partial charge in [-0.25, -0.2) is 4.98 Å². The predicted octanol–water partition coefficient (Wildman–Crippen LogP) is 2.58. The predicted molar refractivity (Wildman–Crippen MR) is 112 cm³/mol. The highest BCUT2D eigenvalue weighted by atomic mass is 16.5. The van der Waals surface area contributed by atoms with Crippen LogP contribution < -0.4 is 14.8 Å². The van der Waals surface area contributed by atoms with E-state index >= 15 is 0 Å². The van der Waals surface area contributed by atoms with Crippen LogP contribution in [-0.4, -0.2) is 48.5 Å². The zero-order valence-electron chi connectivity index (χ0n) is 17.2. The van der Waals surface area contributed by atoms with Crippen molar-refractivity contribution >= 4 is 11.8 Å². The second-order valence-corrected chi connectivity index (χ2v) is 7.85. The van der Waals surface area contributed by atoms with E-state index in [4.69, 9.17) is 9.47 Å². The maximum Gasteiger partial charge on any atom is 0.255 e. The van der Waals surface area contributed by atoms with Gasteiger partial charge in [-0.05, 0) is 42.9 Å². The number of fused-ring (bicyclic) bond motifs is 1. The number of aromatic nitrogens is 1. The standard InChI is InChI=1S/C23H27N3O4/c1-29-22-9-6-18(14-25-22)23(28)26-10-11-30-20-7-4-16(12-19(20)15-26)5-8-21(27)24-13-17-2-3-17/h4,6-7,9,12,14,17H,2-3,5,8,10-11,13,15H2,1H3,(H,24,27). The van der Waals surface area contributed by atoms with E-state index in [2.05, 4.69) is 10.3 Å². The molecule has 2 aromatic rings. The van der Waals surface area contributed by atoms with Gasteiger partial charge in [-0.2, -0.15) is 0 Å². The Bertz CT molecular complexity index is 909. The Labute approximate surface area is 176 Å². The minimum Gasteiger partial charge on any atom is -0.491 e. The van der Waals surface area contributed by atoms with Gasteiger partial charge in [-0.3, -0.25) is 9.59 Å². The van der Waals surface area contributed by atoms with E-state index in [1.54, 1.807) is 24.1 Å². The lowest BCUT2D eigenvalue weighted by Gasteiger charge is -2.20. The van der Waals surface area contributed by atoms with Crippen LogP contribution in [0, 0.1) is 5.92 Å². The van der Waals surface area contributed by atoms with Gasteiger partial charge in [0.05, 0.1) is 19.2 Å². The Balaban J connectivity index is 1.40. The molecular formula is C23H27N3O4. The molecule has 7 nitrogen and oxygen atoms in total. The molecule has 1 aromatic heterocycles. The average molecular weight is 409 g/mol. The van der Waals surface area contributed by atoms with Gasteiger partial charge < -0.3 is 19.7 Å². The highest BCUT2D eigenvalue weighted by Gasteiger charge is 2.23. The summed E-state index contributed by atoms with van der Waals surface area (Å²) in [4.78, 5) is 30.9. The van der Waals surface area contributed by atoms with Gasteiger partial charge in [0, 0.05) is 37.3 Å². The zero-order chi connectivity index (χ0) is 20.9. The molecule has 0 bridgehead atoms. The number of benzene rings is 1. The summed E-state index contributed by atoms with van der Waals surface area (Å²) in [5.41, 5.74) is 2.54. The van der Waals surface area contributed by atoms with Gasteiger partial charge >= 0.3 is 0 Å². The molecule has 158 valence electrons. The van der Waals surface area contributed by atoms with Crippen LogP contribution in [0.3, 0.4) is 0 Å². The molecule has 1 fully saturated rings. The number of nitrogens with one attached hydrogen (secondary N) is 1. The normalized spacial score (nSPS) is 15.6. The summed E-state index contributed by atoms with van der Waals surface area (Å²) in [6.07, 6.45) is 5.12. The molecule has 2 aliphatic rings. The summed E-state index contributed by atoms with van der Waals surface area (Å²) in [6, 6.07) is 9.38. The molecule has 1 N–H and O–H groups in total. The van der Waals surface area contributed by atoms with Crippen LogP contribution in [0.4, 0.5) is 0 Å². The lowest BCUT2D eigenvalue weighted by molar-refractivity contribution is -0.121. The molecule has 1 saturated carbocycles. The van der Waals surface area contributed by atoms with Crippen molar-refractivity contribution in [2.24, 2.45) is 5.92 Å². The summed E-state index contributed by atoms with van der Waals surface area (Å²) < 4.78 is 10.9. The molecule has 2 amide bonds. The van der Waals surface area contributed by atoms with E-state index in [-0.39, 0.29) is 11.8 Å². The molecule has 0 atom stereocenters. The van der Waals surface area contributed by atoms with E-state index < -0.39 is 0 Å². The second-order valence-electron chi connectivity index (χ2n) is 7.85. The molecule has 30 heavy (non-hydrogen) atoms. The quantitative estimate of drug-likeness (QED) is 0.760. The number of amides is 2. The number of carbonyl (C=O) groups excluding carboxylic acids is 2. The smallest absolute Gasteiger partial charge is 0.255 e. The second kappa shape index (κ2) is 9.15. The SMILES string of the molecule is COc1ccc(C(=O)N2CCOc3ccc(CCC(=O)NCC4CC4)cc3C2)cn1. The monoisotopic (exact) mass is 409 g/mol. The van der Waals surface area contributed by atoms with E-state index in [0.29, 0.717) is 49.9 Å². The minimum absolute atomic E-state index is 0.0912. The number of carbonyl (C=O) groups is 2. The van der Waals surface area contributed by atoms with Gasteiger partial charge in [-0.15, -0.1) is 0 Å². The lowest BCUT2D eigenvalue weighted by Crippen LogP contribution is -2.32. The fourth-order valence-corrected chi connectivity index (χ4v) is 3.51. The van der Waals surface area contributed by atoms with Crippen molar-refractivity contribution < 1.29 is 19.1 Å². The van der Waals surface area contributed by atoms with Gasteiger partial charge in [-0.1, -0.05) is 12.1 Å². The van der Waals surface area contributed by atoms with Crippen molar-refractivity contribution in [3.8, 4) is 11.6 Å². The number of ether oxygens (including phenoxy) is 2.